The SMILES string of the molecule is O=C(CCn1ccc(C(=O)O)n1)Nc1ccc(OC(F)F)c(Cl)c1. The molecule has 0 atom stereocenters. The minimum atomic E-state index is -2.99. The summed E-state index contributed by atoms with van der Waals surface area (Å²) in [5.41, 5.74) is 0.204. The molecule has 0 unspecified atom stereocenters. The van der Waals surface area contributed by atoms with Gasteiger partial charge in [-0.25, -0.2) is 4.79 Å². The van der Waals surface area contributed by atoms with Gasteiger partial charge in [0.2, 0.25) is 5.91 Å². The van der Waals surface area contributed by atoms with Crippen molar-refractivity contribution in [3.05, 3.63) is 41.2 Å². The first kappa shape index (κ1) is 17.7. The van der Waals surface area contributed by atoms with Crippen molar-refractivity contribution in [2.24, 2.45) is 0 Å². The van der Waals surface area contributed by atoms with Crippen LogP contribution in [0.15, 0.2) is 30.5 Å². The second-order valence-corrected chi connectivity index (χ2v) is 5.00. The van der Waals surface area contributed by atoms with Crippen molar-refractivity contribution < 1.29 is 28.2 Å². The number of alkyl halides is 2. The number of carbonyl (C=O) groups excluding carboxylic acids is 1. The molecule has 0 spiro atoms. The zero-order valence-electron chi connectivity index (χ0n) is 12.1. The Bertz CT molecular complexity index is 751. The van der Waals surface area contributed by atoms with Crippen molar-refractivity contribution in [2.75, 3.05) is 5.32 Å². The maximum absolute atomic E-state index is 12.1. The molecule has 0 aliphatic rings. The Morgan fingerprint density at radius 1 is 1.38 bits per heavy atom. The average Bonchev–Trinajstić information content (AvgIpc) is 2.97. The summed E-state index contributed by atoms with van der Waals surface area (Å²) in [6.45, 7) is -2.81. The van der Waals surface area contributed by atoms with E-state index >= 15 is 0 Å². The summed E-state index contributed by atoms with van der Waals surface area (Å²) in [5.74, 6) is -1.72. The monoisotopic (exact) mass is 359 g/mol. The van der Waals surface area contributed by atoms with E-state index in [2.05, 4.69) is 15.2 Å². The zero-order chi connectivity index (χ0) is 17.7. The fourth-order valence-electron chi connectivity index (χ4n) is 1.81. The maximum Gasteiger partial charge on any atom is 0.387 e. The number of carboxylic acid groups (broad SMARTS) is 1. The Kier molecular flexibility index (Phi) is 5.69. The molecule has 0 saturated carbocycles. The fourth-order valence-corrected chi connectivity index (χ4v) is 2.04. The highest BCUT2D eigenvalue weighted by atomic mass is 35.5. The van der Waals surface area contributed by atoms with Crippen molar-refractivity contribution >= 4 is 29.2 Å². The van der Waals surface area contributed by atoms with Gasteiger partial charge in [-0.15, -0.1) is 0 Å². The van der Waals surface area contributed by atoms with Crippen LogP contribution < -0.4 is 10.1 Å². The van der Waals surface area contributed by atoms with Crippen molar-refractivity contribution in [2.45, 2.75) is 19.6 Å². The molecule has 0 saturated heterocycles. The predicted octanol–water partition coefficient (Wildman–Crippen LogP) is 2.86. The van der Waals surface area contributed by atoms with E-state index in [1.54, 1.807) is 0 Å². The molecule has 0 bridgehead atoms. The normalized spacial score (nSPS) is 10.7. The third-order valence-corrected chi connectivity index (χ3v) is 3.15. The maximum atomic E-state index is 12.1. The molecule has 24 heavy (non-hydrogen) atoms. The summed E-state index contributed by atoms with van der Waals surface area (Å²) in [7, 11) is 0. The number of aromatic carboxylic acids is 1. The molecule has 7 nitrogen and oxygen atoms in total. The highest BCUT2D eigenvalue weighted by molar-refractivity contribution is 6.32. The third-order valence-electron chi connectivity index (χ3n) is 2.86. The van der Waals surface area contributed by atoms with Crippen LogP contribution in [0.4, 0.5) is 14.5 Å². The summed E-state index contributed by atoms with van der Waals surface area (Å²) in [4.78, 5) is 22.5. The Balaban J connectivity index is 1.89. The molecule has 1 heterocycles. The second kappa shape index (κ2) is 7.73. The number of aryl methyl sites for hydroxylation is 1. The number of anilines is 1. The van der Waals surface area contributed by atoms with E-state index in [-0.39, 0.29) is 35.3 Å². The van der Waals surface area contributed by atoms with Gasteiger partial charge in [0.1, 0.15) is 5.75 Å². The van der Waals surface area contributed by atoms with E-state index in [1.165, 1.54) is 35.1 Å². The zero-order valence-corrected chi connectivity index (χ0v) is 12.8. The van der Waals surface area contributed by atoms with E-state index in [1.807, 2.05) is 0 Å². The van der Waals surface area contributed by atoms with Crippen LogP contribution in [0.2, 0.25) is 5.02 Å². The summed E-state index contributed by atoms with van der Waals surface area (Å²) in [6, 6.07) is 5.20. The molecule has 0 fully saturated rings. The number of amides is 1. The first-order chi connectivity index (χ1) is 11.3. The lowest BCUT2D eigenvalue weighted by atomic mass is 10.3. The smallest absolute Gasteiger partial charge is 0.387 e. The number of carboxylic acids is 1. The number of carbonyl (C=O) groups is 2. The molecule has 1 aromatic heterocycles. The van der Waals surface area contributed by atoms with E-state index in [9.17, 15) is 18.4 Å². The minimum absolute atomic E-state index is 0.0354. The van der Waals surface area contributed by atoms with Crippen molar-refractivity contribution in [3.63, 3.8) is 0 Å². The van der Waals surface area contributed by atoms with Crippen LogP contribution in [0.1, 0.15) is 16.9 Å². The molecule has 1 aromatic carbocycles. The minimum Gasteiger partial charge on any atom is -0.476 e. The summed E-state index contributed by atoms with van der Waals surface area (Å²) in [6.07, 6.45) is 1.48. The molecule has 2 rings (SSSR count). The van der Waals surface area contributed by atoms with Gasteiger partial charge in [0.15, 0.2) is 5.69 Å². The van der Waals surface area contributed by atoms with E-state index in [0.29, 0.717) is 5.69 Å². The fraction of sp³-hybridized carbons (Fsp3) is 0.214. The molecular formula is C14H12ClF2N3O4. The van der Waals surface area contributed by atoms with Gasteiger partial charge >= 0.3 is 12.6 Å². The van der Waals surface area contributed by atoms with Crippen LogP contribution in [-0.4, -0.2) is 33.4 Å². The van der Waals surface area contributed by atoms with Gasteiger partial charge in [0.25, 0.3) is 0 Å². The molecule has 1 amide bonds. The molecular weight excluding hydrogens is 348 g/mol. The standard InChI is InChI=1S/C14H12ClF2N3O4/c15-9-7-8(1-2-11(9)24-14(16)17)18-12(21)4-6-20-5-3-10(19-20)13(22)23/h1-3,5,7,14H,4,6H2,(H,18,21)(H,22,23). The molecule has 2 aromatic rings. The van der Waals surface area contributed by atoms with E-state index < -0.39 is 12.6 Å². The first-order valence-corrected chi connectivity index (χ1v) is 7.04. The lowest BCUT2D eigenvalue weighted by Crippen LogP contribution is -2.15. The number of aromatic nitrogens is 2. The number of nitrogens with zero attached hydrogens (tertiary/aromatic N) is 2. The largest absolute Gasteiger partial charge is 0.476 e. The number of hydrogen-bond donors (Lipinski definition) is 2. The van der Waals surface area contributed by atoms with Gasteiger partial charge in [-0.05, 0) is 24.3 Å². The Morgan fingerprint density at radius 3 is 2.71 bits per heavy atom. The lowest BCUT2D eigenvalue weighted by molar-refractivity contribution is -0.116. The van der Waals surface area contributed by atoms with Gasteiger partial charge in [0, 0.05) is 24.8 Å². The topological polar surface area (TPSA) is 93.5 Å². The van der Waals surface area contributed by atoms with Crippen LogP contribution in [0.3, 0.4) is 0 Å². The average molecular weight is 360 g/mol. The molecule has 10 heteroatoms. The van der Waals surface area contributed by atoms with Crippen LogP contribution in [0.25, 0.3) is 0 Å². The Hall–Kier alpha value is -2.68. The Morgan fingerprint density at radius 2 is 2.12 bits per heavy atom. The van der Waals surface area contributed by atoms with Gasteiger partial charge in [-0.2, -0.15) is 13.9 Å². The quantitative estimate of drug-likeness (QED) is 0.792. The van der Waals surface area contributed by atoms with Crippen molar-refractivity contribution in [1.29, 1.82) is 0 Å². The van der Waals surface area contributed by atoms with Crippen LogP contribution >= 0.6 is 11.6 Å². The summed E-state index contributed by atoms with van der Waals surface area (Å²) in [5, 5.41) is 15.0. The lowest BCUT2D eigenvalue weighted by Gasteiger charge is -2.09. The predicted molar refractivity (Wildman–Crippen MR) is 80.5 cm³/mol. The number of benzene rings is 1. The highest BCUT2D eigenvalue weighted by Gasteiger charge is 2.11. The van der Waals surface area contributed by atoms with Gasteiger partial charge in [-0.3, -0.25) is 9.48 Å². The molecule has 2 N–H and O–H groups in total. The number of ether oxygens (including phenoxy) is 1. The molecule has 0 aliphatic heterocycles. The molecule has 0 radical (unpaired) electrons. The van der Waals surface area contributed by atoms with Gasteiger partial charge in [0.05, 0.1) is 5.02 Å². The van der Waals surface area contributed by atoms with Gasteiger partial charge in [-0.1, -0.05) is 11.6 Å². The van der Waals surface area contributed by atoms with Gasteiger partial charge < -0.3 is 15.2 Å². The Labute approximate surface area is 139 Å². The second-order valence-electron chi connectivity index (χ2n) is 4.59. The van der Waals surface area contributed by atoms with Crippen LogP contribution in [0.5, 0.6) is 5.75 Å². The van der Waals surface area contributed by atoms with Crippen molar-refractivity contribution in [3.8, 4) is 5.75 Å². The number of hydrogen-bond acceptors (Lipinski definition) is 4. The van der Waals surface area contributed by atoms with E-state index in [4.69, 9.17) is 16.7 Å². The highest BCUT2D eigenvalue weighted by Crippen LogP contribution is 2.28. The molecule has 0 aliphatic carbocycles. The number of rotatable bonds is 7. The van der Waals surface area contributed by atoms with Crippen LogP contribution in [-0.2, 0) is 11.3 Å². The summed E-state index contributed by atoms with van der Waals surface area (Å²) >= 11 is 5.78. The number of nitrogens with one attached hydrogen (secondary N) is 1. The third kappa shape index (κ3) is 4.92. The number of halogens is 3. The summed E-state index contributed by atoms with van der Waals surface area (Å²) < 4.78 is 29.8. The van der Waals surface area contributed by atoms with Crippen molar-refractivity contribution in [1.82, 2.24) is 9.78 Å². The van der Waals surface area contributed by atoms with E-state index in [0.717, 1.165) is 0 Å². The molecule has 128 valence electrons. The van der Waals surface area contributed by atoms with Crippen LogP contribution in [0, 0.1) is 0 Å². The first-order valence-electron chi connectivity index (χ1n) is 6.66.